The number of para-hydroxylation sites is 1. The summed E-state index contributed by atoms with van der Waals surface area (Å²) in [5, 5.41) is 25.9. The zero-order valence-corrected chi connectivity index (χ0v) is 26.2. The van der Waals surface area contributed by atoms with Crippen molar-refractivity contribution in [1.82, 2.24) is 14.5 Å². The van der Waals surface area contributed by atoms with Crippen molar-refractivity contribution in [3.63, 3.8) is 0 Å². The van der Waals surface area contributed by atoms with Gasteiger partial charge in [0.1, 0.15) is 17.7 Å². The van der Waals surface area contributed by atoms with Gasteiger partial charge in [0.05, 0.1) is 33.7 Å². The van der Waals surface area contributed by atoms with Crippen LogP contribution >= 0.6 is 11.3 Å². The fourth-order valence-corrected chi connectivity index (χ4v) is 7.89. The molecule has 9 rings (SSSR count). The van der Waals surface area contributed by atoms with Gasteiger partial charge in [0.2, 0.25) is 0 Å². The Morgan fingerprint density at radius 3 is 1.96 bits per heavy atom. The summed E-state index contributed by atoms with van der Waals surface area (Å²) in [6.45, 7) is 0. The van der Waals surface area contributed by atoms with E-state index in [4.69, 9.17) is 9.97 Å². The van der Waals surface area contributed by atoms with Crippen LogP contribution in [0.2, 0.25) is 0 Å². The topological polar surface area (TPSA) is 78.3 Å². The molecule has 0 fully saturated rings. The molecule has 0 saturated carbocycles. The van der Waals surface area contributed by atoms with Gasteiger partial charge in [-0.1, -0.05) is 109 Å². The molecule has 5 nitrogen and oxygen atoms in total. The molecular formula is C42H23N5S. The predicted octanol–water partition coefficient (Wildman–Crippen LogP) is 10.7. The number of fused-ring (bicyclic) bond motifs is 7. The average Bonchev–Trinajstić information content (AvgIpc) is 3.70. The van der Waals surface area contributed by atoms with Gasteiger partial charge in [-0.05, 0) is 30.3 Å². The van der Waals surface area contributed by atoms with Crippen LogP contribution in [0.1, 0.15) is 11.1 Å². The zero-order chi connectivity index (χ0) is 32.2. The van der Waals surface area contributed by atoms with E-state index >= 15 is 0 Å². The number of nitrogens with zero attached hydrogens (tertiary/aromatic N) is 5. The Kier molecular flexibility index (Phi) is 6.36. The van der Waals surface area contributed by atoms with E-state index in [1.54, 1.807) is 11.3 Å². The molecule has 0 radical (unpaired) electrons. The minimum atomic E-state index is 0.362. The molecule has 222 valence electrons. The second kappa shape index (κ2) is 11.0. The van der Waals surface area contributed by atoms with Gasteiger partial charge >= 0.3 is 0 Å². The Labute approximate surface area is 279 Å². The molecule has 3 aromatic heterocycles. The van der Waals surface area contributed by atoms with E-state index in [9.17, 15) is 10.5 Å². The quantitative estimate of drug-likeness (QED) is 0.194. The first kappa shape index (κ1) is 27.7. The summed E-state index contributed by atoms with van der Waals surface area (Å²) < 4.78 is 4.65. The van der Waals surface area contributed by atoms with E-state index in [1.165, 1.54) is 20.2 Å². The number of hydrogen-bond acceptors (Lipinski definition) is 5. The highest BCUT2D eigenvalue weighted by molar-refractivity contribution is 7.26. The summed E-state index contributed by atoms with van der Waals surface area (Å²) in [4.78, 5) is 9.84. The SMILES string of the molecule is N#Cc1cc(-c2nc(-c3ccccc3)nc(-c3ccccc3)c2C#N)ccc1-n1c2ccccc2c2ccc3sc4ccccc4c3c21. The van der Waals surface area contributed by atoms with Crippen molar-refractivity contribution < 1.29 is 0 Å². The largest absolute Gasteiger partial charge is 0.307 e. The van der Waals surface area contributed by atoms with Crippen LogP contribution < -0.4 is 0 Å². The van der Waals surface area contributed by atoms with Crippen LogP contribution in [0, 0.1) is 22.7 Å². The summed E-state index contributed by atoms with van der Waals surface area (Å²) in [5.41, 5.74) is 7.10. The van der Waals surface area contributed by atoms with E-state index in [0.717, 1.165) is 38.6 Å². The fraction of sp³-hybridized carbons (Fsp3) is 0. The molecule has 6 heteroatoms. The van der Waals surface area contributed by atoms with Crippen molar-refractivity contribution in [3.05, 3.63) is 151 Å². The number of aromatic nitrogens is 3. The fourth-order valence-electron chi connectivity index (χ4n) is 6.78. The lowest BCUT2D eigenvalue weighted by Gasteiger charge is -2.15. The second-order valence-electron chi connectivity index (χ2n) is 11.6. The highest BCUT2D eigenvalue weighted by atomic mass is 32.1. The molecule has 3 heterocycles. The summed E-state index contributed by atoms with van der Waals surface area (Å²) >= 11 is 1.78. The molecule has 0 saturated heterocycles. The maximum Gasteiger partial charge on any atom is 0.160 e. The summed E-state index contributed by atoms with van der Waals surface area (Å²) in [6.07, 6.45) is 0. The van der Waals surface area contributed by atoms with Gasteiger partial charge < -0.3 is 4.57 Å². The lowest BCUT2D eigenvalue weighted by atomic mass is 9.98. The predicted molar refractivity (Wildman–Crippen MR) is 195 cm³/mol. The van der Waals surface area contributed by atoms with Crippen LogP contribution in [0.3, 0.4) is 0 Å². The molecule has 0 aliphatic rings. The van der Waals surface area contributed by atoms with Crippen molar-refractivity contribution in [2.24, 2.45) is 0 Å². The molecule has 0 aliphatic heterocycles. The zero-order valence-electron chi connectivity index (χ0n) is 25.4. The number of nitriles is 2. The number of benzene rings is 6. The smallest absolute Gasteiger partial charge is 0.160 e. The van der Waals surface area contributed by atoms with Gasteiger partial charge in [-0.15, -0.1) is 11.3 Å². The third-order valence-corrected chi connectivity index (χ3v) is 10.0. The van der Waals surface area contributed by atoms with E-state index < -0.39 is 0 Å². The molecule has 0 N–H and O–H groups in total. The van der Waals surface area contributed by atoms with Gasteiger partial charge in [0.15, 0.2) is 5.82 Å². The monoisotopic (exact) mass is 629 g/mol. The Morgan fingerprint density at radius 1 is 0.542 bits per heavy atom. The van der Waals surface area contributed by atoms with Crippen molar-refractivity contribution in [2.45, 2.75) is 0 Å². The molecule has 0 aliphatic carbocycles. The van der Waals surface area contributed by atoms with Crippen LogP contribution in [-0.4, -0.2) is 14.5 Å². The van der Waals surface area contributed by atoms with Crippen LogP contribution in [0.4, 0.5) is 0 Å². The van der Waals surface area contributed by atoms with Crippen molar-refractivity contribution in [2.75, 3.05) is 0 Å². The van der Waals surface area contributed by atoms with Gasteiger partial charge in [-0.3, -0.25) is 0 Å². The highest BCUT2D eigenvalue weighted by Gasteiger charge is 2.22. The Morgan fingerprint density at radius 2 is 1.21 bits per heavy atom. The first-order valence-electron chi connectivity index (χ1n) is 15.5. The van der Waals surface area contributed by atoms with Crippen LogP contribution in [0.15, 0.2) is 140 Å². The van der Waals surface area contributed by atoms with Gasteiger partial charge in [0.25, 0.3) is 0 Å². The summed E-state index contributed by atoms with van der Waals surface area (Å²) in [7, 11) is 0. The lowest BCUT2D eigenvalue weighted by molar-refractivity contribution is 1.16. The Balaban J connectivity index is 1.33. The van der Waals surface area contributed by atoms with Gasteiger partial charge in [-0.2, -0.15) is 10.5 Å². The molecule has 0 atom stereocenters. The minimum absolute atomic E-state index is 0.362. The van der Waals surface area contributed by atoms with E-state index in [1.807, 2.05) is 84.9 Å². The highest BCUT2D eigenvalue weighted by Crippen LogP contribution is 2.43. The Hall–Kier alpha value is -6.60. The average molecular weight is 630 g/mol. The third kappa shape index (κ3) is 4.22. The molecule has 9 aromatic rings. The van der Waals surface area contributed by atoms with Crippen LogP contribution in [0.5, 0.6) is 0 Å². The van der Waals surface area contributed by atoms with Gasteiger partial charge in [-0.25, -0.2) is 9.97 Å². The standard InChI is InChI=1S/C42H23N5S/c43-24-29-23-28(40-33(25-44)39(26-11-3-1-4-12-26)45-42(46-40)27-13-5-2-6-14-27)19-21-34(29)47-35-17-9-7-15-30(35)31-20-22-37-38(41(31)47)32-16-8-10-18-36(32)48-37/h1-23H. The van der Waals surface area contributed by atoms with E-state index in [0.29, 0.717) is 33.9 Å². The third-order valence-electron chi connectivity index (χ3n) is 8.91. The minimum Gasteiger partial charge on any atom is -0.307 e. The van der Waals surface area contributed by atoms with E-state index in [-0.39, 0.29) is 0 Å². The normalized spacial score (nSPS) is 11.3. The molecular weight excluding hydrogens is 607 g/mol. The molecule has 0 bridgehead atoms. The van der Waals surface area contributed by atoms with Crippen LogP contribution in [-0.2, 0) is 0 Å². The first-order valence-corrected chi connectivity index (χ1v) is 16.4. The summed E-state index contributed by atoms with van der Waals surface area (Å²) in [5.74, 6) is 0.514. The van der Waals surface area contributed by atoms with Crippen LogP contribution in [0.25, 0.3) is 81.6 Å². The van der Waals surface area contributed by atoms with Crippen molar-refractivity contribution in [1.29, 1.82) is 10.5 Å². The van der Waals surface area contributed by atoms with Crippen molar-refractivity contribution in [3.8, 4) is 51.7 Å². The summed E-state index contributed by atoms with van der Waals surface area (Å²) in [6, 6.07) is 51.4. The van der Waals surface area contributed by atoms with E-state index in [2.05, 4.69) is 71.3 Å². The molecule has 0 spiro atoms. The second-order valence-corrected chi connectivity index (χ2v) is 12.7. The first-order chi connectivity index (χ1) is 23.7. The number of hydrogen-bond donors (Lipinski definition) is 0. The lowest BCUT2D eigenvalue weighted by Crippen LogP contribution is -2.02. The number of rotatable bonds is 4. The maximum atomic E-state index is 10.7. The Bertz CT molecular complexity index is 2800. The number of thiophene rings is 1. The van der Waals surface area contributed by atoms with Crippen molar-refractivity contribution >= 4 is 53.3 Å². The molecule has 0 amide bonds. The van der Waals surface area contributed by atoms with Gasteiger partial charge in [0, 0.05) is 47.6 Å². The molecule has 6 aromatic carbocycles. The molecule has 48 heavy (non-hydrogen) atoms. The molecule has 0 unspecified atom stereocenters. The maximum absolute atomic E-state index is 10.7.